The van der Waals surface area contributed by atoms with Crippen molar-refractivity contribution in [1.82, 2.24) is 0 Å². The first-order valence-electron chi connectivity index (χ1n) is 10.0. The lowest BCUT2D eigenvalue weighted by Crippen LogP contribution is -2.52. The van der Waals surface area contributed by atoms with Crippen LogP contribution >= 0.6 is 35.3 Å². The number of hydrogen-bond donors (Lipinski definition) is 1. The molecule has 0 unspecified atom stereocenters. The molecule has 3 rings (SSSR count). The second-order valence-corrected chi connectivity index (χ2v) is 11.9. The van der Waals surface area contributed by atoms with Gasteiger partial charge >= 0.3 is 0 Å². The summed E-state index contributed by atoms with van der Waals surface area (Å²) < 4.78 is 11.2. The fourth-order valence-electron chi connectivity index (χ4n) is 4.26. The zero-order valence-electron chi connectivity index (χ0n) is 17.7. The second kappa shape index (κ2) is 9.21. The van der Waals surface area contributed by atoms with Crippen LogP contribution in [0.4, 0.5) is 0 Å². The van der Waals surface area contributed by atoms with Crippen molar-refractivity contribution in [3.63, 3.8) is 0 Å². The molecule has 0 radical (unpaired) electrons. The molecule has 1 aromatic carbocycles. The van der Waals surface area contributed by atoms with Crippen LogP contribution in [-0.4, -0.2) is 46.6 Å². The molecule has 2 saturated carbocycles. The Morgan fingerprint density at radius 1 is 1.10 bits per heavy atom. The summed E-state index contributed by atoms with van der Waals surface area (Å²) in [7, 11) is 1.65. The first-order valence-corrected chi connectivity index (χ1v) is 13.7. The summed E-state index contributed by atoms with van der Waals surface area (Å²) >= 11 is 5.12. The van der Waals surface area contributed by atoms with E-state index in [4.69, 9.17) is 9.47 Å². The quantitative estimate of drug-likeness (QED) is 0.509. The molecule has 7 heteroatoms. The highest BCUT2D eigenvalue weighted by molar-refractivity contribution is 8.33. The second-order valence-electron chi connectivity index (χ2n) is 8.01. The first-order chi connectivity index (χ1) is 13.9. The summed E-state index contributed by atoms with van der Waals surface area (Å²) in [4.78, 5) is 0. The largest absolute Gasteiger partial charge is 0.493 e. The van der Waals surface area contributed by atoms with E-state index in [-0.39, 0.29) is 3.41 Å². The fraction of sp³-hybridized carbons (Fsp3) is 0.682. The van der Waals surface area contributed by atoms with Crippen molar-refractivity contribution in [1.29, 1.82) is 5.26 Å². The molecule has 0 atom stereocenters. The van der Waals surface area contributed by atoms with Gasteiger partial charge in [-0.3, -0.25) is 0 Å². The minimum atomic E-state index is -0.802. The van der Waals surface area contributed by atoms with Gasteiger partial charge in [-0.05, 0) is 80.9 Å². The summed E-state index contributed by atoms with van der Waals surface area (Å²) in [5.41, 5.74) is -0.433. The van der Waals surface area contributed by atoms with E-state index in [1.54, 1.807) is 42.4 Å². The molecule has 2 fully saturated rings. The van der Waals surface area contributed by atoms with E-state index in [0.717, 1.165) is 11.3 Å². The molecule has 4 nitrogen and oxygen atoms in total. The summed E-state index contributed by atoms with van der Waals surface area (Å²) in [5, 5.41) is 21.7. The lowest BCUT2D eigenvalue weighted by atomic mass is 9.66. The predicted molar refractivity (Wildman–Crippen MR) is 125 cm³/mol. The molecule has 2 aliphatic carbocycles. The Bertz CT molecular complexity index is 740. The molecule has 2 aliphatic rings. The summed E-state index contributed by atoms with van der Waals surface area (Å²) in [6.07, 6.45) is 11.1. The third-order valence-corrected chi connectivity index (χ3v) is 12.2. The van der Waals surface area contributed by atoms with Crippen molar-refractivity contribution < 1.29 is 14.6 Å². The number of hydrogen-bond acceptors (Lipinski definition) is 7. The number of nitriles is 1. The molecule has 1 aromatic rings. The highest BCUT2D eigenvalue weighted by Crippen LogP contribution is 2.58. The Morgan fingerprint density at radius 3 is 2.21 bits per heavy atom. The van der Waals surface area contributed by atoms with Crippen molar-refractivity contribution in [3.8, 4) is 17.6 Å². The molecule has 0 spiro atoms. The molecule has 0 amide bonds. The molecule has 0 saturated heterocycles. The maximum Gasteiger partial charge on any atom is 0.161 e. The van der Waals surface area contributed by atoms with Crippen molar-refractivity contribution in [2.45, 2.75) is 53.0 Å². The van der Waals surface area contributed by atoms with Crippen molar-refractivity contribution in [3.05, 3.63) is 23.8 Å². The Labute approximate surface area is 187 Å². The van der Waals surface area contributed by atoms with Gasteiger partial charge in [-0.25, -0.2) is 0 Å². The van der Waals surface area contributed by atoms with E-state index in [2.05, 4.69) is 24.8 Å². The number of nitrogens with zero attached hydrogens (tertiary/aromatic N) is 1. The average Bonchev–Trinajstić information content (AvgIpc) is 3.59. The smallest absolute Gasteiger partial charge is 0.161 e. The molecule has 160 valence electrons. The number of aliphatic hydroxyl groups is 1. The minimum Gasteiger partial charge on any atom is -0.493 e. The van der Waals surface area contributed by atoms with E-state index >= 15 is 0 Å². The van der Waals surface area contributed by atoms with Gasteiger partial charge in [-0.15, -0.1) is 35.3 Å². The van der Waals surface area contributed by atoms with Gasteiger partial charge in [0.15, 0.2) is 11.5 Å². The van der Waals surface area contributed by atoms with Crippen LogP contribution in [0.5, 0.6) is 11.5 Å². The topological polar surface area (TPSA) is 62.5 Å². The van der Waals surface area contributed by atoms with Crippen LogP contribution in [0.3, 0.4) is 0 Å². The van der Waals surface area contributed by atoms with Crippen LogP contribution in [0.2, 0.25) is 0 Å². The first kappa shape index (κ1) is 23.0. The molecule has 0 aromatic heterocycles. The molecule has 1 N–H and O–H groups in total. The zero-order valence-corrected chi connectivity index (χ0v) is 20.1. The summed E-state index contributed by atoms with van der Waals surface area (Å²) in [6.45, 7) is 0.705. The Kier molecular flexibility index (Phi) is 7.31. The SMILES string of the molecule is COc1ccc([C@]2(C#N)CC[C@](O)(C(SC)(SC)SC)CC2)cc1OCC1CC1. The molecule has 0 heterocycles. The van der Waals surface area contributed by atoms with Crippen molar-refractivity contribution >= 4 is 35.3 Å². The van der Waals surface area contributed by atoms with Gasteiger partial charge in [-0.1, -0.05) is 6.07 Å². The van der Waals surface area contributed by atoms with Crippen LogP contribution in [0.25, 0.3) is 0 Å². The maximum atomic E-state index is 11.5. The lowest BCUT2D eigenvalue weighted by Gasteiger charge is -2.49. The van der Waals surface area contributed by atoms with E-state index in [9.17, 15) is 10.4 Å². The molecule has 0 aliphatic heterocycles. The average molecular weight is 454 g/mol. The van der Waals surface area contributed by atoms with E-state index in [0.29, 0.717) is 44.0 Å². The third kappa shape index (κ3) is 4.37. The van der Waals surface area contributed by atoms with E-state index in [1.165, 1.54) is 12.8 Å². The highest BCUT2D eigenvalue weighted by atomic mass is 32.3. The Hall–Kier alpha value is -0.680. The summed E-state index contributed by atoms with van der Waals surface area (Å²) in [5.74, 6) is 2.08. The predicted octanol–water partition coefficient (Wildman–Crippen LogP) is 5.29. The normalized spacial score (nSPS) is 27.3. The van der Waals surface area contributed by atoms with Gasteiger partial charge in [-0.2, -0.15) is 5.26 Å². The standard InChI is InChI=1S/C22H31NO3S3/c1-25-18-8-7-17(13-19(18)26-14-16-5-6-16)20(15-23)9-11-21(24,12-10-20)22(27-2,28-3)29-4/h7-8,13,16,24H,5-6,9-12,14H2,1-4H3/t20-,21-. The maximum absolute atomic E-state index is 11.5. The number of rotatable bonds is 9. The van der Waals surface area contributed by atoms with Crippen LogP contribution in [0.1, 0.15) is 44.1 Å². The van der Waals surface area contributed by atoms with Gasteiger partial charge in [0.25, 0.3) is 0 Å². The molecular formula is C22H31NO3S3. The third-order valence-electron chi connectivity index (χ3n) is 6.41. The molecular weight excluding hydrogens is 422 g/mol. The lowest BCUT2D eigenvalue weighted by molar-refractivity contribution is -0.000261. The van der Waals surface area contributed by atoms with E-state index < -0.39 is 11.0 Å². The fourth-order valence-corrected chi connectivity index (χ4v) is 8.01. The minimum absolute atomic E-state index is 0.312. The zero-order chi connectivity index (χ0) is 21.1. The van der Waals surface area contributed by atoms with E-state index in [1.807, 2.05) is 18.2 Å². The van der Waals surface area contributed by atoms with Gasteiger partial charge < -0.3 is 14.6 Å². The van der Waals surface area contributed by atoms with Gasteiger partial charge in [0, 0.05) is 0 Å². The Balaban J connectivity index is 1.84. The van der Waals surface area contributed by atoms with Crippen molar-refractivity contribution in [2.24, 2.45) is 5.92 Å². The van der Waals surface area contributed by atoms with Gasteiger partial charge in [0.1, 0.15) is 3.41 Å². The highest BCUT2D eigenvalue weighted by Gasteiger charge is 2.54. The van der Waals surface area contributed by atoms with Crippen LogP contribution < -0.4 is 9.47 Å². The van der Waals surface area contributed by atoms with Crippen LogP contribution in [0, 0.1) is 17.2 Å². The number of methoxy groups -OCH3 is 1. The van der Waals surface area contributed by atoms with Crippen LogP contribution in [-0.2, 0) is 5.41 Å². The molecule has 0 bridgehead atoms. The number of thioether (sulfide) groups is 3. The van der Waals surface area contributed by atoms with Gasteiger partial charge in [0.2, 0.25) is 0 Å². The number of ether oxygens (including phenoxy) is 2. The van der Waals surface area contributed by atoms with Gasteiger partial charge in [0.05, 0.1) is 30.8 Å². The number of benzene rings is 1. The van der Waals surface area contributed by atoms with Crippen molar-refractivity contribution in [2.75, 3.05) is 32.5 Å². The monoisotopic (exact) mass is 453 g/mol. The molecule has 29 heavy (non-hydrogen) atoms. The van der Waals surface area contributed by atoms with Crippen LogP contribution in [0.15, 0.2) is 18.2 Å². The Morgan fingerprint density at radius 2 is 1.72 bits per heavy atom. The summed E-state index contributed by atoms with van der Waals surface area (Å²) in [6, 6.07) is 8.47.